The number of carbonyl (C=O) groups excluding carboxylic acids is 2. The Morgan fingerprint density at radius 3 is 2.86 bits per heavy atom. The molecule has 0 aliphatic carbocycles. The van der Waals surface area contributed by atoms with Gasteiger partial charge in [0.05, 0.1) is 30.0 Å². The third-order valence-electron chi connectivity index (χ3n) is 3.63. The van der Waals surface area contributed by atoms with Crippen LogP contribution in [0, 0.1) is 0 Å². The molecule has 28 heavy (non-hydrogen) atoms. The van der Waals surface area contributed by atoms with Crippen LogP contribution in [0.25, 0.3) is 11.4 Å². The molecule has 0 aliphatic rings. The summed E-state index contributed by atoms with van der Waals surface area (Å²) in [7, 11) is 3.14. The second-order valence-corrected chi connectivity index (χ2v) is 7.79. The normalized spacial score (nSPS) is 10.7. The van der Waals surface area contributed by atoms with Crippen LogP contribution in [0.2, 0.25) is 5.02 Å². The fourth-order valence-corrected chi connectivity index (χ4v) is 3.93. The second-order valence-electron chi connectivity index (χ2n) is 5.58. The van der Waals surface area contributed by atoms with Crippen molar-refractivity contribution in [2.45, 2.75) is 11.6 Å². The molecule has 1 aromatic carbocycles. The lowest BCUT2D eigenvalue weighted by Gasteiger charge is -2.05. The largest absolute Gasteiger partial charge is 0.469 e. The first-order valence-corrected chi connectivity index (χ1v) is 10.3. The molecule has 1 N–H and O–H groups in total. The van der Waals surface area contributed by atoms with Crippen LogP contribution in [-0.4, -0.2) is 44.5 Å². The van der Waals surface area contributed by atoms with Gasteiger partial charge in [0.15, 0.2) is 16.1 Å². The maximum atomic E-state index is 12.2. The van der Waals surface area contributed by atoms with Crippen LogP contribution in [0.4, 0.5) is 5.13 Å². The number of halogens is 1. The molecular formula is C17H16ClN5O3S2. The number of ether oxygens (including phenoxy) is 1. The van der Waals surface area contributed by atoms with Gasteiger partial charge < -0.3 is 14.6 Å². The number of aromatic nitrogens is 4. The number of thiazole rings is 1. The average molecular weight is 438 g/mol. The number of amides is 1. The standard InChI is InChI=1S/C17H16ClN5O3S2/c1-23-15(11-5-3-4-6-12(11)18)21-22-17(23)28-9-13(24)20-16-19-10(8-27-16)7-14(25)26-2/h3-6,8H,7,9H2,1-2H3,(H,19,20,24). The van der Waals surface area contributed by atoms with Gasteiger partial charge in [-0.05, 0) is 12.1 Å². The highest BCUT2D eigenvalue weighted by Crippen LogP contribution is 2.28. The second kappa shape index (κ2) is 9.18. The highest BCUT2D eigenvalue weighted by Gasteiger charge is 2.15. The minimum atomic E-state index is -0.379. The Morgan fingerprint density at radius 2 is 2.11 bits per heavy atom. The van der Waals surface area contributed by atoms with Gasteiger partial charge in [-0.3, -0.25) is 9.59 Å². The maximum Gasteiger partial charge on any atom is 0.311 e. The lowest BCUT2D eigenvalue weighted by atomic mass is 10.2. The first kappa shape index (κ1) is 20.3. The molecule has 3 aromatic rings. The van der Waals surface area contributed by atoms with Crippen LogP contribution in [-0.2, 0) is 27.8 Å². The van der Waals surface area contributed by atoms with Gasteiger partial charge in [-0.15, -0.1) is 21.5 Å². The summed E-state index contributed by atoms with van der Waals surface area (Å²) in [6, 6.07) is 7.37. The van der Waals surface area contributed by atoms with Crippen molar-refractivity contribution in [3.05, 3.63) is 40.4 Å². The topological polar surface area (TPSA) is 99.0 Å². The number of esters is 1. The fourth-order valence-electron chi connectivity index (χ4n) is 2.27. The Balaban J connectivity index is 1.58. The van der Waals surface area contributed by atoms with Gasteiger partial charge in [0.2, 0.25) is 5.91 Å². The van der Waals surface area contributed by atoms with E-state index in [1.54, 1.807) is 16.0 Å². The number of methoxy groups -OCH3 is 1. The minimum Gasteiger partial charge on any atom is -0.469 e. The van der Waals surface area contributed by atoms with Crippen LogP contribution in [0.1, 0.15) is 5.69 Å². The van der Waals surface area contributed by atoms with E-state index in [1.165, 1.54) is 30.2 Å². The van der Waals surface area contributed by atoms with Gasteiger partial charge in [0, 0.05) is 18.0 Å². The Kier molecular flexibility index (Phi) is 6.65. The summed E-state index contributed by atoms with van der Waals surface area (Å²) >= 11 is 8.72. The Morgan fingerprint density at radius 1 is 1.32 bits per heavy atom. The number of hydrogen-bond donors (Lipinski definition) is 1. The van der Waals surface area contributed by atoms with Gasteiger partial charge >= 0.3 is 5.97 Å². The first-order valence-electron chi connectivity index (χ1n) is 8.06. The average Bonchev–Trinajstić information content (AvgIpc) is 3.26. The molecule has 0 saturated carbocycles. The molecule has 2 aromatic heterocycles. The van der Waals surface area contributed by atoms with E-state index in [2.05, 4.69) is 25.2 Å². The Bertz CT molecular complexity index is 1000. The molecule has 8 nitrogen and oxygen atoms in total. The molecule has 0 aliphatic heterocycles. The molecule has 2 heterocycles. The fraction of sp³-hybridized carbons (Fsp3) is 0.235. The van der Waals surface area contributed by atoms with Crippen molar-refractivity contribution in [2.75, 3.05) is 18.2 Å². The van der Waals surface area contributed by atoms with Crippen molar-refractivity contribution in [3.8, 4) is 11.4 Å². The quantitative estimate of drug-likeness (QED) is 0.448. The van der Waals surface area contributed by atoms with Gasteiger partial charge in [0.1, 0.15) is 0 Å². The number of nitrogens with zero attached hydrogens (tertiary/aromatic N) is 4. The molecule has 11 heteroatoms. The monoisotopic (exact) mass is 437 g/mol. The van der Waals surface area contributed by atoms with Crippen molar-refractivity contribution >= 4 is 51.7 Å². The molecule has 0 atom stereocenters. The van der Waals surface area contributed by atoms with Crippen molar-refractivity contribution in [2.24, 2.45) is 7.05 Å². The third kappa shape index (κ3) is 4.89. The van der Waals surface area contributed by atoms with Crippen molar-refractivity contribution in [1.82, 2.24) is 19.7 Å². The predicted molar refractivity (Wildman–Crippen MR) is 109 cm³/mol. The van der Waals surface area contributed by atoms with Crippen molar-refractivity contribution < 1.29 is 14.3 Å². The SMILES string of the molecule is COC(=O)Cc1csc(NC(=O)CSc2nnc(-c3ccccc3Cl)n2C)n1. The molecule has 0 unspecified atom stereocenters. The molecule has 0 bridgehead atoms. The molecule has 0 spiro atoms. The van der Waals surface area contributed by atoms with E-state index in [9.17, 15) is 9.59 Å². The van der Waals surface area contributed by atoms with Gasteiger partial charge in [-0.2, -0.15) is 0 Å². The van der Waals surface area contributed by atoms with E-state index in [1.807, 2.05) is 25.2 Å². The Labute approximate surface area is 174 Å². The zero-order valence-electron chi connectivity index (χ0n) is 15.0. The summed E-state index contributed by atoms with van der Waals surface area (Å²) in [6.45, 7) is 0. The number of rotatable bonds is 7. The highest BCUT2D eigenvalue weighted by atomic mass is 35.5. The zero-order chi connectivity index (χ0) is 20.1. The maximum absolute atomic E-state index is 12.2. The minimum absolute atomic E-state index is 0.0708. The molecule has 0 saturated heterocycles. The first-order chi connectivity index (χ1) is 13.5. The van der Waals surface area contributed by atoms with Crippen molar-refractivity contribution in [3.63, 3.8) is 0 Å². The summed E-state index contributed by atoms with van der Waals surface area (Å²) in [6.07, 6.45) is 0.0708. The number of nitrogens with one attached hydrogen (secondary N) is 1. The van der Waals surface area contributed by atoms with Crippen LogP contribution in [0.15, 0.2) is 34.8 Å². The molecule has 0 fully saturated rings. The lowest BCUT2D eigenvalue weighted by Crippen LogP contribution is -2.14. The van der Waals surface area contributed by atoms with E-state index in [0.717, 1.165) is 5.56 Å². The summed E-state index contributed by atoms with van der Waals surface area (Å²) in [4.78, 5) is 27.6. The smallest absolute Gasteiger partial charge is 0.311 e. The van der Waals surface area contributed by atoms with E-state index in [4.69, 9.17) is 11.6 Å². The molecular weight excluding hydrogens is 422 g/mol. The third-order valence-corrected chi connectivity index (χ3v) is 5.79. The molecule has 146 valence electrons. The molecule has 3 rings (SSSR count). The zero-order valence-corrected chi connectivity index (χ0v) is 17.4. The predicted octanol–water partition coefficient (Wildman–Crippen LogP) is 3.04. The molecule has 0 radical (unpaired) electrons. The number of anilines is 1. The number of benzene rings is 1. The van der Waals surface area contributed by atoms with Crippen LogP contribution < -0.4 is 5.32 Å². The van der Waals surface area contributed by atoms with E-state index < -0.39 is 0 Å². The van der Waals surface area contributed by atoms with E-state index in [-0.39, 0.29) is 24.1 Å². The Hall–Kier alpha value is -2.43. The van der Waals surface area contributed by atoms with Gasteiger partial charge in [-0.25, -0.2) is 4.98 Å². The van der Waals surface area contributed by atoms with Crippen LogP contribution in [0.5, 0.6) is 0 Å². The van der Waals surface area contributed by atoms with Crippen LogP contribution in [0.3, 0.4) is 0 Å². The van der Waals surface area contributed by atoms with Crippen molar-refractivity contribution in [1.29, 1.82) is 0 Å². The summed E-state index contributed by atoms with van der Waals surface area (Å²) in [5.41, 5.74) is 1.33. The lowest BCUT2D eigenvalue weighted by molar-refractivity contribution is -0.139. The number of thioether (sulfide) groups is 1. The van der Waals surface area contributed by atoms with Crippen LogP contribution >= 0.6 is 34.7 Å². The summed E-state index contributed by atoms with van der Waals surface area (Å²) in [5.74, 6) is 0.155. The molecule has 1 amide bonds. The summed E-state index contributed by atoms with van der Waals surface area (Å²) < 4.78 is 6.38. The van der Waals surface area contributed by atoms with E-state index >= 15 is 0 Å². The highest BCUT2D eigenvalue weighted by molar-refractivity contribution is 7.99. The van der Waals surface area contributed by atoms with Gasteiger partial charge in [-0.1, -0.05) is 35.5 Å². The summed E-state index contributed by atoms with van der Waals surface area (Å²) in [5, 5.41) is 14.3. The number of hydrogen-bond acceptors (Lipinski definition) is 8. The van der Waals surface area contributed by atoms with Gasteiger partial charge in [0.25, 0.3) is 0 Å². The van der Waals surface area contributed by atoms with E-state index in [0.29, 0.717) is 26.8 Å². The number of carbonyl (C=O) groups is 2.